The normalized spacial score (nSPS) is 10.1. The number of ether oxygens (including phenoxy) is 1. The van der Waals surface area contributed by atoms with Gasteiger partial charge in [0.2, 0.25) is 5.82 Å². The molecule has 0 aliphatic rings. The molecule has 0 aliphatic heterocycles. The van der Waals surface area contributed by atoms with Gasteiger partial charge in [-0.25, -0.2) is 4.98 Å². The molecule has 0 atom stereocenters. The number of rotatable bonds is 6. The first kappa shape index (κ1) is 13.7. The van der Waals surface area contributed by atoms with E-state index in [9.17, 15) is 10.1 Å². The van der Waals surface area contributed by atoms with E-state index in [1.54, 1.807) is 24.3 Å². The molecule has 0 spiro atoms. The Labute approximate surface area is 115 Å². The Morgan fingerprint density at radius 3 is 2.70 bits per heavy atom. The Hall–Kier alpha value is -2.70. The lowest BCUT2D eigenvalue weighted by molar-refractivity contribution is -0.385. The van der Waals surface area contributed by atoms with Crippen LogP contribution in [0, 0.1) is 10.1 Å². The Morgan fingerprint density at radius 2 is 2.05 bits per heavy atom. The van der Waals surface area contributed by atoms with E-state index in [1.165, 1.54) is 6.33 Å². The lowest BCUT2D eigenvalue weighted by Crippen LogP contribution is -2.07. The zero-order valence-corrected chi connectivity index (χ0v) is 10.9. The van der Waals surface area contributed by atoms with E-state index in [2.05, 4.69) is 15.3 Å². The number of hydrogen-bond acceptors (Lipinski definition) is 6. The molecule has 104 valence electrons. The number of para-hydroxylation sites is 1. The van der Waals surface area contributed by atoms with Crippen LogP contribution in [-0.2, 0) is 0 Å². The summed E-state index contributed by atoms with van der Waals surface area (Å²) in [5, 5.41) is 14.1. The molecule has 0 amide bonds. The second-order valence-electron chi connectivity index (χ2n) is 3.98. The van der Waals surface area contributed by atoms with Gasteiger partial charge in [-0.05, 0) is 18.6 Å². The first-order valence-electron chi connectivity index (χ1n) is 6.18. The van der Waals surface area contributed by atoms with E-state index in [0.717, 1.165) is 6.42 Å². The summed E-state index contributed by atoms with van der Waals surface area (Å²) >= 11 is 0. The van der Waals surface area contributed by atoms with Crippen LogP contribution in [0.25, 0.3) is 0 Å². The minimum absolute atomic E-state index is 0.0743. The maximum absolute atomic E-state index is 11.2. The highest BCUT2D eigenvalue weighted by Gasteiger charge is 2.24. The molecule has 0 fully saturated rings. The Bertz CT molecular complexity index is 589. The van der Waals surface area contributed by atoms with Crippen molar-refractivity contribution >= 4 is 11.5 Å². The average Bonchev–Trinajstić information content (AvgIpc) is 2.46. The number of anilines is 1. The van der Waals surface area contributed by atoms with Crippen molar-refractivity contribution in [3.63, 3.8) is 0 Å². The van der Waals surface area contributed by atoms with Crippen LogP contribution in [0.1, 0.15) is 13.3 Å². The molecule has 0 saturated carbocycles. The van der Waals surface area contributed by atoms with Crippen molar-refractivity contribution in [3.8, 4) is 11.6 Å². The number of aromatic nitrogens is 2. The summed E-state index contributed by atoms with van der Waals surface area (Å²) in [6, 6.07) is 8.78. The largest absolute Gasteiger partial charge is 0.434 e. The third kappa shape index (κ3) is 3.19. The first-order chi connectivity index (χ1) is 9.72. The van der Waals surface area contributed by atoms with Crippen LogP contribution in [0.5, 0.6) is 11.6 Å². The maximum atomic E-state index is 11.2. The van der Waals surface area contributed by atoms with Gasteiger partial charge in [-0.2, -0.15) is 4.98 Å². The van der Waals surface area contributed by atoms with Gasteiger partial charge in [0.15, 0.2) is 0 Å². The minimum atomic E-state index is -0.545. The second-order valence-corrected chi connectivity index (χ2v) is 3.98. The molecule has 0 bridgehead atoms. The predicted molar refractivity (Wildman–Crippen MR) is 74.0 cm³/mol. The summed E-state index contributed by atoms with van der Waals surface area (Å²) in [6.07, 6.45) is 2.07. The number of hydrogen-bond donors (Lipinski definition) is 1. The minimum Gasteiger partial charge on any atom is -0.434 e. The van der Waals surface area contributed by atoms with E-state index in [-0.39, 0.29) is 17.4 Å². The molecule has 7 heteroatoms. The third-order valence-corrected chi connectivity index (χ3v) is 2.47. The summed E-state index contributed by atoms with van der Waals surface area (Å²) < 4.78 is 5.46. The van der Waals surface area contributed by atoms with Crippen molar-refractivity contribution in [1.82, 2.24) is 9.97 Å². The van der Waals surface area contributed by atoms with E-state index < -0.39 is 4.92 Å². The van der Waals surface area contributed by atoms with E-state index >= 15 is 0 Å². The Morgan fingerprint density at radius 1 is 1.30 bits per heavy atom. The highest BCUT2D eigenvalue weighted by Crippen LogP contribution is 2.33. The molecule has 2 aromatic rings. The smallest absolute Gasteiger partial charge is 0.373 e. The zero-order chi connectivity index (χ0) is 14.4. The summed E-state index contributed by atoms with van der Waals surface area (Å²) in [5.74, 6) is 0.573. The molecule has 1 N–H and O–H groups in total. The van der Waals surface area contributed by atoms with E-state index in [1.807, 2.05) is 13.0 Å². The van der Waals surface area contributed by atoms with Gasteiger partial charge in [0, 0.05) is 6.54 Å². The Balaban J connectivity index is 2.34. The molecule has 7 nitrogen and oxygen atoms in total. The Kier molecular flexibility index (Phi) is 4.43. The fourth-order valence-electron chi connectivity index (χ4n) is 1.57. The van der Waals surface area contributed by atoms with Gasteiger partial charge in [0.1, 0.15) is 12.1 Å². The van der Waals surface area contributed by atoms with Crippen LogP contribution in [0.4, 0.5) is 11.5 Å². The molecule has 2 rings (SSSR count). The summed E-state index contributed by atoms with van der Waals surface area (Å²) in [7, 11) is 0. The second kappa shape index (κ2) is 6.46. The molecule has 0 saturated heterocycles. The maximum Gasteiger partial charge on any atom is 0.373 e. The average molecular weight is 274 g/mol. The van der Waals surface area contributed by atoms with E-state index in [4.69, 9.17) is 4.74 Å². The van der Waals surface area contributed by atoms with Gasteiger partial charge < -0.3 is 10.1 Å². The molecule has 0 radical (unpaired) electrons. The summed E-state index contributed by atoms with van der Waals surface area (Å²) in [6.45, 7) is 2.55. The van der Waals surface area contributed by atoms with Gasteiger partial charge in [0.25, 0.3) is 0 Å². The van der Waals surface area contributed by atoms with Gasteiger partial charge in [0.05, 0.1) is 4.92 Å². The lowest BCUT2D eigenvalue weighted by atomic mass is 10.3. The van der Waals surface area contributed by atoms with Crippen LogP contribution >= 0.6 is 0 Å². The molecular weight excluding hydrogens is 260 g/mol. The fraction of sp³-hybridized carbons (Fsp3) is 0.231. The topological polar surface area (TPSA) is 90.2 Å². The highest BCUT2D eigenvalue weighted by molar-refractivity contribution is 5.61. The predicted octanol–water partition coefficient (Wildman–Crippen LogP) is 3.00. The van der Waals surface area contributed by atoms with Gasteiger partial charge in [-0.3, -0.25) is 10.1 Å². The quantitative estimate of drug-likeness (QED) is 0.643. The number of nitrogens with zero attached hydrogens (tertiary/aromatic N) is 3. The SMILES string of the molecule is CCCNc1ncnc(Oc2ccccc2)c1[N+](=O)[O-]. The molecule has 1 heterocycles. The highest BCUT2D eigenvalue weighted by atomic mass is 16.6. The van der Waals surface area contributed by atoms with Crippen molar-refractivity contribution in [2.45, 2.75) is 13.3 Å². The molecule has 1 aromatic carbocycles. The molecule has 1 aromatic heterocycles. The monoisotopic (exact) mass is 274 g/mol. The summed E-state index contributed by atoms with van der Waals surface area (Å²) in [5.41, 5.74) is -0.259. The molecular formula is C13H14N4O3. The number of benzene rings is 1. The van der Waals surface area contributed by atoms with Gasteiger partial charge in [-0.1, -0.05) is 25.1 Å². The number of nitro groups is 1. The molecule has 0 aliphatic carbocycles. The van der Waals surface area contributed by atoms with Crippen molar-refractivity contribution in [3.05, 3.63) is 46.8 Å². The van der Waals surface area contributed by atoms with Gasteiger partial charge in [-0.15, -0.1) is 0 Å². The molecule has 0 unspecified atom stereocenters. The molecule has 20 heavy (non-hydrogen) atoms. The fourth-order valence-corrected chi connectivity index (χ4v) is 1.57. The summed E-state index contributed by atoms with van der Waals surface area (Å²) in [4.78, 5) is 18.4. The van der Waals surface area contributed by atoms with Crippen molar-refractivity contribution in [1.29, 1.82) is 0 Å². The zero-order valence-electron chi connectivity index (χ0n) is 10.9. The van der Waals surface area contributed by atoms with Crippen LogP contribution in [0.3, 0.4) is 0 Å². The van der Waals surface area contributed by atoms with Crippen molar-refractivity contribution < 1.29 is 9.66 Å². The van der Waals surface area contributed by atoms with E-state index in [0.29, 0.717) is 12.3 Å². The van der Waals surface area contributed by atoms with Crippen LogP contribution in [0.15, 0.2) is 36.7 Å². The lowest BCUT2D eigenvalue weighted by Gasteiger charge is -2.08. The van der Waals surface area contributed by atoms with Crippen LogP contribution in [0.2, 0.25) is 0 Å². The van der Waals surface area contributed by atoms with Crippen molar-refractivity contribution in [2.75, 3.05) is 11.9 Å². The van der Waals surface area contributed by atoms with Crippen molar-refractivity contribution in [2.24, 2.45) is 0 Å². The number of nitrogens with one attached hydrogen (secondary N) is 1. The van der Waals surface area contributed by atoms with Crippen LogP contribution in [-0.4, -0.2) is 21.4 Å². The first-order valence-corrected chi connectivity index (χ1v) is 6.18. The standard InChI is InChI=1S/C13H14N4O3/c1-2-8-14-12-11(17(18)19)13(16-9-15-12)20-10-6-4-3-5-7-10/h3-7,9H,2,8H2,1H3,(H,14,15,16). The van der Waals surface area contributed by atoms with Crippen LogP contribution < -0.4 is 10.1 Å². The third-order valence-electron chi connectivity index (χ3n) is 2.47. The van der Waals surface area contributed by atoms with Gasteiger partial charge >= 0.3 is 11.6 Å².